The molecule has 2 rings (SSSR count). The summed E-state index contributed by atoms with van der Waals surface area (Å²) in [5.41, 5.74) is 6.83. The summed E-state index contributed by atoms with van der Waals surface area (Å²) in [6, 6.07) is 4.38. The summed E-state index contributed by atoms with van der Waals surface area (Å²) in [7, 11) is 0. The van der Waals surface area contributed by atoms with Crippen molar-refractivity contribution in [2.45, 2.75) is 19.9 Å². The van der Waals surface area contributed by atoms with E-state index in [1.165, 1.54) is 10.7 Å². The fourth-order valence-corrected chi connectivity index (χ4v) is 1.69. The van der Waals surface area contributed by atoms with Crippen molar-refractivity contribution >= 4 is 5.69 Å². The Labute approximate surface area is 103 Å². The van der Waals surface area contributed by atoms with Gasteiger partial charge < -0.3 is 5.73 Å². The molecule has 1 atom stereocenters. The fraction of sp³-hybridized carbons (Fsp3) is 0.300. The highest BCUT2D eigenvalue weighted by Crippen LogP contribution is 2.24. The van der Waals surface area contributed by atoms with E-state index in [1.54, 1.807) is 26.0 Å². The quantitative estimate of drug-likeness (QED) is 0.637. The van der Waals surface area contributed by atoms with Gasteiger partial charge in [0.25, 0.3) is 5.69 Å². The lowest BCUT2D eigenvalue weighted by atomic mass is 10.1. The van der Waals surface area contributed by atoms with Crippen LogP contribution in [-0.2, 0) is 0 Å². The lowest BCUT2D eigenvalue weighted by Crippen LogP contribution is -2.14. The highest BCUT2D eigenvalue weighted by Gasteiger charge is 2.19. The van der Waals surface area contributed by atoms with Crippen LogP contribution in [0, 0.1) is 17.0 Å². The smallest absolute Gasteiger partial charge is 0.274 e. The molecule has 0 aliphatic carbocycles. The molecule has 1 aromatic heterocycles. The number of nitro benzene ring substituents is 1. The van der Waals surface area contributed by atoms with Crippen molar-refractivity contribution in [2.75, 3.05) is 0 Å². The fourth-order valence-electron chi connectivity index (χ4n) is 1.69. The largest absolute Gasteiger partial charge is 0.321 e. The van der Waals surface area contributed by atoms with Crippen LogP contribution in [0.15, 0.2) is 18.2 Å². The Kier molecular flexibility index (Phi) is 3.02. The molecule has 1 unspecified atom stereocenters. The second kappa shape index (κ2) is 4.49. The van der Waals surface area contributed by atoms with E-state index in [0.29, 0.717) is 17.1 Å². The van der Waals surface area contributed by atoms with Crippen molar-refractivity contribution < 1.29 is 4.92 Å². The number of hydrogen-bond donors (Lipinski definition) is 1. The van der Waals surface area contributed by atoms with Gasteiger partial charge in [-0.15, -0.1) is 5.10 Å². The number of benzene rings is 1. The minimum atomic E-state index is -0.436. The van der Waals surface area contributed by atoms with Crippen LogP contribution in [0.3, 0.4) is 0 Å². The summed E-state index contributed by atoms with van der Waals surface area (Å²) in [6.45, 7) is 3.40. The van der Waals surface area contributed by atoms with E-state index >= 15 is 0 Å². The molecule has 0 fully saturated rings. The second-order valence-corrected chi connectivity index (χ2v) is 3.92. The van der Waals surface area contributed by atoms with E-state index < -0.39 is 4.92 Å². The Bertz CT molecular complexity index is 592. The van der Waals surface area contributed by atoms with Crippen LogP contribution in [0.2, 0.25) is 0 Å². The van der Waals surface area contributed by atoms with Crippen LogP contribution in [-0.4, -0.2) is 25.1 Å². The van der Waals surface area contributed by atoms with Crippen molar-refractivity contribution in [2.24, 2.45) is 5.73 Å². The van der Waals surface area contributed by atoms with Gasteiger partial charge in [-0.25, -0.2) is 0 Å². The van der Waals surface area contributed by atoms with E-state index in [1.807, 2.05) is 0 Å². The summed E-state index contributed by atoms with van der Waals surface area (Å²) in [5.74, 6) is 0.457. The van der Waals surface area contributed by atoms with E-state index in [-0.39, 0.29) is 11.7 Å². The van der Waals surface area contributed by atoms with E-state index in [9.17, 15) is 10.1 Å². The molecule has 8 nitrogen and oxygen atoms in total. The Morgan fingerprint density at radius 2 is 2.22 bits per heavy atom. The molecule has 94 valence electrons. The molecule has 2 aromatic rings. The van der Waals surface area contributed by atoms with Crippen LogP contribution < -0.4 is 5.73 Å². The first kappa shape index (κ1) is 12.1. The van der Waals surface area contributed by atoms with Crippen molar-refractivity contribution in [1.29, 1.82) is 0 Å². The first-order valence-electron chi connectivity index (χ1n) is 5.30. The molecule has 1 aromatic carbocycles. The highest BCUT2D eigenvalue weighted by molar-refractivity contribution is 5.52. The van der Waals surface area contributed by atoms with Crippen LogP contribution in [0.5, 0.6) is 0 Å². The van der Waals surface area contributed by atoms with Crippen molar-refractivity contribution in [3.8, 4) is 5.69 Å². The lowest BCUT2D eigenvalue weighted by molar-refractivity contribution is -0.385. The third kappa shape index (κ3) is 1.93. The number of tetrazole rings is 1. The van der Waals surface area contributed by atoms with Gasteiger partial charge in [-0.3, -0.25) is 10.1 Å². The molecule has 0 radical (unpaired) electrons. The number of nitro groups is 1. The maximum Gasteiger partial charge on any atom is 0.274 e. The zero-order valence-electron chi connectivity index (χ0n) is 9.94. The van der Waals surface area contributed by atoms with Crippen molar-refractivity contribution in [1.82, 2.24) is 20.2 Å². The zero-order valence-corrected chi connectivity index (χ0v) is 9.94. The summed E-state index contributed by atoms with van der Waals surface area (Å²) in [5, 5.41) is 22.1. The molecule has 1 heterocycles. The highest BCUT2D eigenvalue weighted by atomic mass is 16.6. The standard InChI is InChI=1S/C10H12N6O2/c1-6-8(4-3-5-9(6)16(17)18)15-10(7(2)11)12-13-14-15/h3-5,7H,11H2,1-2H3. The normalized spacial score (nSPS) is 12.4. The average molecular weight is 248 g/mol. The second-order valence-electron chi connectivity index (χ2n) is 3.92. The Morgan fingerprint density at radius 1 is 1.50 bits per heavy atom. The molecule has 0 amide bonds. The van der Waals surface area contributed by atoms with E-state index in [4.69, 9.17) is 5.73 Å². The predicted molar refractivity (Wildman–Crippen MR) is 63.1 cm³/mol. The van der Waals surface area contributed by atoms with Crippen LogP contribution in [0.4, 0.5) is 5.69 Å². The number of nitrogens with two attached hydrogens (primary N) is 1. The minimum absolute atomic E-state index is 0.0265. The molecule has 8 heteroatoms. The lowest BCUT2D eigenvalue weighted by Gasteiger charge is -2.09. The zero-order chi connectivity index (χ0) is 13.3. The third-order valence-electron chi connectivity index (χ3n) is 2.60. The van der Waals surface area contributed by atoms with Crippen molar-refractivity contribution in [3.05, 3.63) is 39.7 Å². The maximum absolute atomic E-state index is 10.9. The summed E-state index contributed by atoms with van der Waals surface area (Å²) < 4.78 is 1.42. The number of nitrogens with zero attached hydrogens (tertiary/aromatic N) is 5. The van der Waals surface area contributed by atoms with Gasteiger partial charge in [0.2, 0.25) is 0 Å². The van der Waals surface area contributed by atoms with Gasteiger partial charge in [0.15, 0.2) is 5.82 Å². The summed E-state index contributed by atoms with van der Waals surface area (Å²) >= 11 is 0. The molecule has 0 saturated heterocycles. The number of aromatic nitrogens is 4. The van der Waals surface area contributed by atoms with Crippen molar-refractivity contribution in [3.63, 3.8) is 0 Å². The number of hydrogen-bond acceptors (Lipinski definition) is 6. The minimum Gasteiger partial charge on any atom is -0.321 e. The monoisotopic (exact) mass is 248 g/mol. The van der Waals surface area contributed by atoms with Gasteiger partial charge in [0.1, 0.15) is 0 Å². The van der Waals surface area contributed by atoms with Gasteiger partial charge in [0.05, 0.1) is 22.2 Å². The first-order valence-corrected chi connectivity index (χ1v) is 5.30. The molecular formula is C10H12N6O2. The molecule has 2 N–H and O–H groups in total. The van der Waals surface area contributed by atoms with E-state index in [0.717, 1.165) is 0 Å². The average Bonchev–Trinajstić information content (AvgIpc) is 2.77. The first-order chi connectivity index (χ1) is 8.52. The van der Waals surface area contributed by atoms with Gasteiger partial charge >= 0.3 is 0 Å². The van der Waals surface area contributed by atoms with E-state index in [2.05, 4.69) is 15.5 Å². The maximum atomic E-state index is 10.9. The Balaban J connectivity index is 2.61. The predicted octanol–water partition coefficient (Wildman–Crippen LogP) is 0.899. The molecule has 0 saturated carbocycles. The summed E-state index contributed by atoms with van der Waals surface area (Å²) in [4.78, 5) is 10.4. The SMILES string of the molecule is Cc1c(-n2nnnc2C(C)N)cccc1[N+](=O)[O-]. The molecule has 0 aliphatic heterocycles. The molecule has 18 heavy (non-hydrogen) atoms. The third-order valence-corrected chi connectivity index (χ3v) is 2.60. The number of rotatable bonds is 3. The molecule has 0 aliphatic rings. The molecular weight excluding hydrogens is 236 g/mol. The Morgan fingerprint density at radius 3 is 2.83 bits per heavy atom. The van der Waals surface area contributed by atoms with Crippen LogP contribution in [0.25, 0.3) is 5.69 Å². The van der Waals surface area contributed by atoms with Gasteiger partial charge in [-0.1, -0.05) is 6.07 Å². The summed E-state index contributed by atoms with van der Waals surface area (Å²) in [6.07, 6.45) is 0. The van der Waals surface area contributed by atoms with Crippen LogP contribution in [0.1, 0.15) is 24.4 Å². The van der Waals surface area contributed by atoms with Gasteiger partial charge in [-0.05, 0) is 30.3 Å². The van der Waals surface area contributed by atoms with Crippen LogP contribution >= 0.6 is 0 Å². The topological polar surface area (TPSA) is 113 Å². The molecule has 0 spiro atoms. The molecule has 0 bridgehead atoms. The Hall–Kier alpha value is -2.35. The van der Waals surface area contributed by atoms with Gasteiger partial charge in [-0.2, -0.15) is 4.68 Å². The van der Waals surface area contributed by atoms with Gasteiger partial charge in [0, 0.05) is 6.07 Å².